The van der Waals surface area contributed by atoms with Gasteiger partial charge in [0.25, 0.3) is 0 Å². The van der Waals surface area contributed by atoms with E-state index in [1.807, 2.05) is 18.5 Å². The number of ether oxygens (including phenoxy) is 1. The van der Waals surface area contributed by atoms with Gasteiger partial charge in [-0.2, -0.15) is 0 Å². The zero-order valence-corrected chi connectivity index (χ0v) is 21.3. The summed E-state index contributed by atoms with van der Waals surface area (Å²) >= 11 is 0. The number of guanidine groups is 1. The molecule has 2 N–H and O–H groups in total. The van der Waals surface area contributed by atoms with Crippen LogP contribution in [0.5, 0.6) is 0 Å². The Morgan fingerprint density at radius 3 is 2.47 bits per heavy atom. The molecule has 0 aliphatic carbocycles. The second-order valence-corrected chi connectivity index (χ2v) is 8.32. The minimum Gasteiger partial charge on any atom is -0.379 e. The first-order valence-corrected chi connectivity index (χ1v) is 11.0. The molecular formula is C20H39IN8O. The summed E-state index contributed by atoms with van der Waals surface area (Å²) < 4.78 is 7.43. The van der Waals surface area contributed by atoms with Crippen molar-refractivity contribution < 1.29 is 4.74 Å². The molecule has 2 fully saturated rings. The number of aryl methyl sites for hydroxylation is 1. The van der Waals surface area contributed by atoms with Crippen LogP contribution < -0.4 is 10.6 Å². The topological polar surface area (TPSA) is 82.8 Å². The van der Waals surface area contributed by atoms with Crippen LogP contribution >= 0.6 is 24.0 Å². The van der Waals surface area contributed by atoms with E-state index in [9.17, 15) is 0 Å². The fourth-order valence-corrected chi connectivity index (χ4v) is 3.80. The predicted octanol–water partition coefficient (Wildman–Crippen LogP) is 0.982. The molecular weight excluding hydrogens is 495 g/mol. The van der Waals surface area contributed by atoms with E-state index in [1.54, 1.807) is 0 Å². The Hall–Kier alpha value is -0.980. The number of piperidine rings is 1. The molecule has 0 unspecified atom stereocenters. The molecule has 2 aliphatic heterocycles. The maximum atomic E-state index is 5.44. The number of morpholine rings is 1. The largest absolute Gasteiger partial charge is 0.379 e. The molecule has 0 bridgehead atoms. The standard InChI is InChI=1S/C20H38N8O.HI/c1-16(2)28-8-5-18(6-9-28)23-20(21-7-10-27-11-13-29-14-12-27)22-15-19-25-24-17(3)26(19)4;/h16,18H,5-15H2,1-4H3,(H2,21,22,23);1H. The fourth-order valence-electron chi connectivity index (χ4n) is 3.80. The van der Waals surface area contributed by atoms with Gasteiger partial charge in [0.1, 0.15) is 12.4 Å². The molecule has 0 spiro atoms. The second-order valence-electron chi connectivity index (χ2n) is 8.32. The van der Waals surface area contributed by atoms with Crippen molar-refractivity contribution in [3.05, 3.63) is 11.6 Å². The van der Waals surface area contributed by atoms with Crippen molar-refractivity contribution in [2.75, 3.05) is 52.5 Å². The van der Waals surface area contributed by atoms with Gasteiger partial charge >= 0.3 is 0 Å². The second kappa shape index (κ2) is 12.8. The van der Waals surface area contributed by atoms with Gasteiger partial charge in [-0.3, -0.25) is 4.90 Å². The number of hydrogen-bond acceptors (Lipinski definition) is 6. The van der Waals surface area contributed by atoms with E-state index in [2.05, 4.69) is 44.5 Å². The molecule has 3 rings (SSSR count). The molecule has 3 heterocycles. The smallest absolute Gasteiger partial charge is 0.191 e. The molecule has 172 valence electrons. The van der Waals surface area contributed by atoms with Crippen LogP contribution in [-0.2, 0) is 18.3 Å². The molecule has 30 heavy (non-hydrogen) atoms. The zero-order chi connectivity index (χ0) is 20.6. The minimum absolute atomic E-state index is 0. The van der Waals surface area contributed by atoms with Crippen LogP contribution in [0, 0.1) is 6.92 Å². The van der Waals surface area contributed by atoms with Gasteiger partial charge in [0.05, 0.1) is 13.2 Å². The Labute approximate surface area is 198 Å². The molecule has 0 amide bonds. The van der Waals surface area contributed by atoms with E-state index in [-0.39, 0.29) is 24.0 Å². The van der Waals surface area contributed by atoms with E-state index >= 15 is 0 Å². The van der Waals surface area contributed by atoms with Gasteiger partial charge in [-0.15, -0.1) is 34.2 Å². The maximum absolute atomic E-state index is 5.44. The molecule has 2 saturated heterocycles. The summed E-state index contributed by atoms with van der Waals surface area (Å²) in [4.78, 5) is 9.79. The normalized spacial score (nSPS) is 19.7. The lowest BCUT2D eigenvalue weighted by atomic mass is 10.0. The Bertz CT molecular complexity index is 651. The van der Waals surface area contributed by atoms with E-state index in [0.29, 0.717) is 18.6 Å². The average molecular weight is 534 g/mol. The van der Waals surface area contributed by atoms with Crippen LogP contribution in [0.15, 0.2) is 4.99 Å². The van der Waals surface area contributed by atoms with Gasteiger partial charge in [-0.05, 0) is 33.6 Å². The van der Waals surface area contributed by atoms with E-state index in [0.717, 1.165) is 82.9 Å². The summed E-state index contributed by atoms with van der Waals surface area (Å²) in [5.74, 6) is 2.67. The Kier molecular flexibility index (Phi) is 10.8. The summed E-state index contributed by atoms with van der Waals surface area (Å²) in [6.07, 6.45) is 2.29. The van der Waals surface area contributed by atoms with Gasteiger partial charge in [0.15, 0.2) is 11.8 Å². The van der Waals surface area contributed by atoms with Crippen LogP contribution in [0.1, 0.15) is 38.3 Å². The highest BCUT2D eigenvalue weighted by Crippen LogP contribution is 2.13. The third-order valence-electron chi connectivity index (χ3n) is 5.99. The third kappa shape index (κ3) is 7.61. The Morgan fingerprint density at radius 2 is 1.87 bits per heavy atom. The quantitative estimate of drug-likeness (QED) is 0.307. The van der Waals surface area contributed by atoms with Gasteiger partial charge in [0, 0.05) is 58.4 Å². The van der Waals surface area contributed by atoms with Crippen LogP contribution in [0.3, 0.4) is 0 Å². The van der Waals surface area contributed by atoms with Crippen molar-refractivity contribution in [3.63, 3.8) is 0 Å². The van der Waals surface area contributed by atoms with E-state index in [4.69, 9.17) is 9.73 Å². The highest BCUT2D eigenvalue weighted by atomic mass is 127. The van der Waals surface area contributed by atoms with Gasteiger partial charge in [-0.1, -0.05) is 0 Å². The van der Waals surface area contributed by atoms with E-state index in [1.165, 1.54) is 0 Å². The summed E-state index contributed by atoms with van der Waals surface area (Å²) in [6, 6.07) is 1.08. The first kappa shape index (κ1) is 25.3. The molecule has 1 aromatic heterocycles. The maximum Gasteiger partial charge on any atom is 0.191 e. The van der Waals surface area contributed by atoms with E-state index < -0.39 is 0 Å². The highest BCUT2D eigenvalue weighted by Gasteiger charge is 2.21. The average Bonchev–Trinajstić information content (AvgIpc) is 3.05. The zero-order valence-electron chi connectivity index (χ0n) is 18.9. The van der Waals surface area contributed by atoms with Gasteiger partial charge in [0.2, 0.25) is 0 Å². The number of likely N-dealkylation sites (tertiary alicyclic amines) is 1. The number of aromatic nitrogens is 3. The molecule has 9 nitrogen and oxygen atoms in total. The fraction of sp³-hybridized carbons (Fsp3) is 0.850. The number of nitrogens with zero attached hydrogens (tertiary/aromatic N) is 6. The van der Waals surface area contributed by atoms with Crippen LogP contribution in [0.4, 0.5) is 0 Å². The van der Waals surface area contributed by atoms with Crippen molar-refractivity contribution in [3.8, 4) is 0 Å². The first-order valence-electron chi connectivity index (χ1n) is 11.0. The SMILES string of the molecule is Cc1nnc(CN=C(NCCN2CCOCC2)NC2CCN(C(C)C)CC2)n1C.I. The minimum atomic E-state index is 0. The number of hydrogen-bond donors (Lipinski definition) is 2. The molecule has 10 heteroatoms. The van der Waals surface area contributed by atoms with Crippen molar-refractivity contribution in [2.24, 2.45) is 12.0 Å². The van der Waals surface area contributed by atoms with Crippen molar-refractivity contribution in [2.45, 2.75) is 52.2 Å². The first-order chi connectivity index (χ1) is 14.0. The summed E-state index contributed by atoms with van der Waals surface area (Å²) in [6.45, 7) is 14.9. The van der Waals surface area contributed by atoms with Crippen molar-refractivity contribution in [1.82, 2.24) is 35.2 Å². The molecule has 0 aromatic carbocycles. The number of rotatable bonds is 7. The highest BCUT2D eigenvalue weighted by molar-refractivity contribution is 14.0. The van der Waals surface area contributed by atoms with Crippen LogP contribution in [0.2, 0.25) is 0 Å². The number of aliphatic imine (C=N–C) groups is 1. The van der Waals surface area contributed by atoms with Gasteiger partial charge < -0.3 is 24.8 Å². The lowest BCUT2D eigenvalue weighted by Gasteiger charge is -2.35. The Balaban J connectivity index is 0.00000320. The molecule has 0 saturated carbocycles. The number of halogens is 1. The summed E-state index contributed by atoms with van der Waals surface area (Å²) in [5.41, 5.74) is 0. The van der Waals surface area contributed by atoms with Crippen LogP contribution in [-0.4, -0.2) is 95.1 Å². The summed E-state index contributed by atoms with van der Waals surface area (Å²) in [5, 5.41) is 15.6. The lowest BCUT2D eigenvalue weighted by Crippen LogP contribution is -2.51. The van der Waals surface area contributed by atoms with Crippen molar-refractivity contribution >= 4 is 29.9 Å². The van der Waals surface area contributed by atoms with Crippen molar-refractivity contribution in [1.29, 1.82) is 0 Å². The number of nitrogens with one attached hydrogen (secondary N) is 2. The Morgan fingerprint density at radius 1 is 1.17 bits per heavy atom. The lowest BCUT2D eigenvalue weighted by molar-refractivity contribution is 0.0389. The molecule has 1 aromatic rings. The predicted molar refractivity (Wildman–Crippen MR) is 130 cm³/mol. The third-order valence-corrected chi connectivity index (χ3v) is 5.99. The molecule has 0 radical (unpaired) electrons. The molecule has 2 aliphatic rings. The van der Waals surface area contributed by atoms with Gasteiger partial charge in [-0.25, -0.2) is 4.99 Å². The molecule has 0 atom stereocenters. The summed E-state index contributed by atoms with van der Waals surface area (Å²) in [7, 11) is 1.99. The monoisotopic (exact) mass is 534 g/mol. The van der Waals surface area contributed by atoms with Crippen LogP contribution in [0.25, 0.3) is 0 Å².